The summed E-state index contributed by atoms with van der Waals surface area (Å²) in [6.45, 7) is 2.60. The van der Waals surface area contributed by atoms with Gasteiger partial charge in [0.1, 0.15) is 11.5 Å². The Hall–Kier alpha value is -2.63. The van der Waals surface area contributed by atoms with Crippen LogP contribution in [0.15, 0.2) is 36.5 Å². The van der Waals surface area contributed by atoms with Crippen molar-refractivity contribution in [2.75, 3.05) is 6.54 Å². The summed E-state index contributed by atoms with van der Waals surface area (Å²) in [6, 6.07) is 7.40. The van der Waals surface area contributed by atoms with E-state index in [9.17, 15) is 14.0 Å². The summed E-state index contributed by atoms with van der Waals surface area (Å²) in [4.78, 5) is 27.9. The molecule has 1 fully saturated rings. The number of nitrogens with zero attached hydrogens (tertiary/aromatic N) is 1. The standard InChI is InChI=1S/C17H17FN2O3/c1-10-5-15(11-3-2-4-13(18)6-11)20(9-10)16(21)12-7-14(17(22)23)19-8-12/h2-4,6-8,10,15,19H,5,9H2,1H3,(H,22,23). The van der Waals surface area contributed by atoms with Gasteiger partial charge in [0.15, 0.2) is 0 Å². The largest absolute Gasteiger partial charge is 0.477 e. The van der Waals surface area contributed by atoms with Gasteiger partial charge >= 0.3 is 5.97 Å². The minimum atomic E-state index is -1.11. The van der Waals surface area contributed by atoms with Crippen molar-refractivity contribution in [1.82, 2.24) is 9.88 Å². The number of carboxylic acid groups (broad SMARTS) is 1. The predicted molar refractivity (Wildman–Crippen MR) is 81.7 cm³/mol. The van der Waals surface area contributed by atoms with Crippen LogP contribution in [0.5, 0.6) is 0 Å². The number of nitrogens with one attached hydrogen (secondary N) is 1. The zero-order valence-electron chi connectivity index (χ0n) is 12.6. The van der Waals surface area contributed by atoms with E-state index >= 15 is 0 Å². The molecule has 5 nitrogen and oxygen atoms in total. The van der Waals surface area contributed by atoms with E-state index in [1.807, 2.05) is 13.0 Å². The lowest BCUT2D eigenvalue weighted by Crippen LogP contribution is -2.30. The molecule has 120 valence electrons. The van der Waals surface area contributed by atoms with Crippen LogP contribution in [0, 0.1) is 11.7 Å². The number of benzene rings is 1. The number of likely N-dealkylation sites (tertiary alicyclic amines) is 1. The van der Waals surface area contributed by atoms with E-state index in [0.717, 1.165) is 12.0 Å². The van der Waals surface area contributed by atoms with Crippen LogP contribution < -0.4 is 0 Å². The third kappa shape index (κ3) is 2.97. The van der Waals surface area contributed by atoms with Gasteiger partial charge in [-0.2, -0.15) is 0 Å². The molecule has 0 saturated carbocycles. The Balaban J connectivity index is 1.89. The molecule has 2 heterocycles. The predicted octanol–water partition coefficient (Wildman–Crippen LogP) is 3.08. The normalized spacial score (nSPS) is 20.7. The number of carboxylic acids is 1. The summed E-state index contributed by atoms with van der Waals surface area (Å²) in [7, 11) is 0. The molecule has 1 saturated heterocycles. The van der Waals surface area contributed by atoms with Crippen LogP contribution in [0.4, 0.5) is 4.39 Å². The van der Waals surface area contributed by atoms with Gasteiger partial charge in [-0.3, -0.25) is 4.79 Å². The number of amides is 1. The number of aromatic amines is 1. The highest BCUT2D eigenvalue weighted by Crippen LogP contribution is 2.36. The first-order chi connectivity index (χ1) is 11.0. The van der Waals surface area contributed by atoms with E-state index in [0.29, 0.717) is 18.0 Å². The van der Waals surface area contributed by atoms with Gasteiger partial charge in [0, 0.05) is 12.7 Å². The lowest BCUT2D eigenvalue weighted by Gasteiger charge is -2.24. The maximum atomic E-state index is 13.5. The molecule has 1 amide bonds. The molecule has 1 aromatic heterocycles. The molecule has 2 atom stereocenters. The number of aromatic carboxylic acids is 1. The molecule has 6 heteroatoms. The van der Waals surface area contributed by atoms with Gasteiger partial charge in [0.25, 0.3) is 5.91 Å². The second-order valence-corrected chi connectivity index (χ2v) is 5.98. The highest BCUT2D eigenvalue weighted by molar-refractivity contribution is 5.97. The van der Waals surface area contributed by atoms with E-state index in [4.69, 9.17) is 5.11 Å². The third-order valence-electron chi connectivity index (χ3n) is 4.16. The van der Waals surface area contributed by atoms with Crippen LogP contribution in [0.3, 0.4) is 0 Å². The maximum absolute atomic E-state index is 13.5. The van der Waals surface area contributed by atoms with Crippen LogP contribution in [-0.2, 0) is 0 Å². The summed E-state index contributed by atoms with van der Waals surface area (Å²) in [5, 5.41) is 8.95. The van der Waals surface area contributed by atoms with E-state index in [-0.39, 0.29) is 23.5 Å². The first-order valence-electron chi connectivity index (χ1n) is 7.44. The number of carbonyl (C=O) groups excluding carboxylic acids is 1. The summed E-state index contributed by atoms with van der Waals surface area (Å²) >= 11 is 0. The van der Waals surface area contributed by atoms with E-state index in [2.05, 4.69) is 4.98 Å². The van der Waals surface area contributed by atoms with Gasteiger partial charge in [-0.1, -0.05) is 19.1 Å². The van der Waals surface area contributed by atoms with Crippen molar-refractivity contribution in [3.63, 3.8) is 0 Å². The number of halogens is 1. The summed E-state index contributed by atoms with van der Waals surface area (Å²) in [5.41, 5.74) is 1.04. The molecule has 1 aliphatic heterocycles. The molecule has 1 aliphatic rings. The first kappa shape index (κ1) is 15.3. The van der Waals surface area contributed by atoms with Crippen molar-refractivity contribution in [3.8, 4) is 0 Å². The molecule has 23 heavy (non-hydrogen) atoms. The lowest BCUT2D eigenvalue weighted by atomic mass is 10.0. The Morgan fingerprint density at radius 3 is 2.78 bits per heavy atom. The average Bonchev–Trinajstić information content (AvgIpc) is 3.13. The summed E-state index contributed by atoms with van der Waals surface area (Å²) in [5.74, 6) is -1.39. The molecule has 0 bridgehead atoms. The molecule has 2 aromatic rings. The van der Waals surface area contributed by atoms with Gasteiger partial charge in [-0.05, 0) is 36.1 Å². The monoisotopic (exact) mass is 316 g/mol. The highest BCUT2D eigenvalue weighted by Gasteiger charge is 2.35. The van der Waals surface area contributed by atoms with Crippen molar-refractivity contribution < 1.29 is 19.1 Å². The first-order valence-corrected chi connectivity index (χ1v) is 7.44. The number of hydrogen-bond donors (Lipinski definition) is 2. The highest BCUT2D eigenvalue weighted by atomic mass is 19.1. The molecule has 2 N–H and O–H groups in total. The van der Waals surface area contributed by atoms with Gasteiger partial charge in [0.05, 0.1) is 11.6 Å². The van der Waals surface area contributed by atoms with Gasteiger partial charge in [-0.25, -0.2) is 9.18 Å². The fraction of sp³-hybridized carbons (Fsp3) is 0.294. The Kier molecular flexibility index (Phi) is 3.90. The third-order valence-corrected chi connectivity index (χ3v) is 4.16. The van der Waals surface area contributed by atoms with Gasteiger partial charge < -0.3 is 15.0 Å². The summed E-state index contributed by atoms with van der Waals surface area (Å²) < 4.78 is 13.5. The van der Waals surface area contributed by atoms with Crippen molar-refractivity contribution in [3.05, 3.63) is 59.2 Å². The maximum Gasteiger partial charge on any atom is 0.352 e. The van der Waals surface area contributed by atoms with Crippen molar-refractivity contribution in [1.29, 1.82) is 0 Å². The molecule has 2 unspecified atom stereocenters. The summed E-state index contributed by atoms with van der Waals surface area (Å²) in [6.07, 6.45) is 2.16. The second kappa shape index (κ2) is 5.87. The number of aromatic nitrogens is 1. The van der Waals surface area contributed by atoms with Gasteiger partial charge in [-0.15, -0.1) is 0 Å². The van der Waals surface area contributed by atoms with Crippen LogP contribution in [0.1, 0.15) is 45.8 Å². The quantitative estimate of drug-likeness (QED) is 0.914. The average molecular weight is 316 g/mol. The minimum Gasteiger partial charge on any atom is -0.477 e. The Bertz CT molecular complexity index is 756. The molecular weight excluding hydrogens is 299 g/mol. The number of hydrogen-bond acceptors (Lipinski definition) is 2. The SMILES string of the molecule is CC1CC(c2cccc(F)c2)N(C(=O)c2c[nH]c(C(=O)O)c2)C1. The van der Waals surface area contributed by atoms with Crippen molar-refractivity contribution >= 4 is 11.9 Å². The minimum absolute atomic E-state index is 0.0251. The van der Waals surface area contributed by atoms with Gasteiger partial charge in [0.2, 0.25) is 0 Å². The Morgan fingerprint density at radius 1 is 1.35 bits per heavy atom. The van der Waals surface area contributed by atoms with Crippen LogP contribution in [0.25, 0.3) is 0 Å². The van der Waals surface area contributed by atoms with E-state index in [1.54, 1.807) is 11.0 Å². The van der Waals surface area contributed by atoms with E-state index < -0.39 is 5.97 Å². The second-order valence-electron chi connectivity index (χ2n) is 5.98. The van der Waals surface area contributed by atoms with Crippen LogP contribution in [0.2, 0.25) is 0 Å². The molecular formula is C17H17FN2O3. The van der Waals surface area contributed by atoms with Crippen LogP contribution in [-0.4, -0.2) is 33.4 Å². The molecule has 1 aromatic carbocycles. The molecule has 0 spiro atoms. The lowest BCUT2D eigenvalue weighted by molar-refractivity contribution is 0.0691. The zero-order valence-corrected chi connectivity index (χ0v) is 12.6. The molecule has 0 aliphatic carbocycles. The smallest absolute Gasteiger partial charge is 0.352 e. The fourth-order valence-electron chi connectivity index (χ4n) is 3.11. The van der Waals surface area contributed by atoms with Crippen molar-refractivity contribution in [2.24, 2.45) is 5.92 Å². The van der Waals surface area contributed by atoms with Crippen molar-refractivity contribution in [2.45, 2.75) is 19.4 Å². The number of H-pyrrole nitrogens is 1. The topological polar surface area (TPSA) is 73.4 Å². The van der Waals surface area contributed by atoms with Crippen LogP contribution >= 0.6 is 0 Å². The Morgan fingerprint density at radius 2 is 2.13 bits per heavy atom. The molecule has 3 rings (SSSR count). The zero-order chi connectivity index (χ0) is 16.6. The molecule has 0 radical (unpaired) electrons. The fourth-order valence-corrected chi connectivity index (χ4v) is 3.11. The van der Waals surface area contributed by atoms with E-state index in [1.165, 1.54) is 24.4 Å². The number of carbonyl (C=O) groups is 2. The Labute approximate surface area is 132 Å². The number of rotatable bonds is 3.